The van der Waals surface area contributed by atoms with Gasteiger partial charge in [-0.05, 0) is 18.6 Å². The molecule has 1 aromatic carbocycles. The molecule has 1 rings (SSSR count). The summed E-state index contributed by atoms with van der Waals surface area (Å²) >= 11 is 0. The van der Waals surface area contributed by atoms with E-state index >= 15 is 0 Å². The van der Waals surface area contributed by atoms with Gasteiger partial charge < -0.3 is 15.2 Å². The third-order valence-corrected chi connectivity index (χ3v) is 1.94. The van der Waals surface area contributed by atoms with Crippen molar-refractivity contribution in [2.45, 2.75) is 12.8 Å². The Balaban J connectivity index is 2.56. The van der Waals surface area contributed by atoms with Crippen molar-refractivity contribution in [2.75, 3.05) is 19.5 Å². The predicted octanol–water partition coefficient (Wildman–Crippen LogP) is 2.07. The number of methoxy groups -OCH3 is 1. The lowest BCUT2D eigenvalue weighted by Crippen LogP contribution is -2.00. The molecule has 0 atom stereocenters. The highest BCUT2D eigenvalue weighted by atomic mass is 16.5. The van der Waals surface area contributed by atoms with Crippen molar-refractivity contribution < 1.29 is 9.47 Å². The number of benzene rings is 1. The summed E-state index contributed by atoms with van der Waals surface area (Å²) in [6.45, 7) is 0.571. The summed E-state index contributed by atoms with van der Waals surface area (Å²) in [7, 11) is 1.60. The number of ether oxygens (including phenoxy) is 2. The topological polar surface area (TPSA) is 44.5 Å². The predicted molar refractivity (Wildman–Crippen MR) is 61.0 cm³/mol. The van der Waals surface area contributed by atoms with E-state index in [4.69, 9.17) is 21.6 Å². The maximum absolute atomic E-state index is 5.74. The van der Waals surface area contributed by atoms with E-state index in [1.165, 1.54) is 0 Å². The quantitative estimate of drug-likeness (QED) is 0.454. The molecular weight excluding hydrogens is 190 g/mol. The monoisotopic (exact) mass is 205 g/mol. The smallest absolute Gasteiger partial charge is 0.145 e. The number of hydrogen-bond donors (Lipinski definition) is 1. The first-order valence-corrected chi connectivity index (χ1v) is 4.77. The molecule has 0 aliphatic rings. The molecule has 0 amide bonds. The van der Waals surface area contributed by atoms with Crippen LogP contribution in [0, 0.1) is 12.3 Å². The Labute approximate surface area is 90.2 Å². The van der Waals surface area contributed by atoms with E-state index in [-0.39, 0.29) is 0 Å². The fourth-order valence-corrected chi connectivity index (χ4v) is 1.12. The number of anilines is 1. The van der Waals surface area contributed by atoms with Crippen molar-refractivity contribution in [1.29, 1.82) is 0 Å². The van der Waals surface area contributed by atoms with Crippen LogP contribution in [0.1, 0.15) is 12.8 Å². The fraction of sp³-hybridized carbons (Fsp3) is 0.333. The van der Waals surface area contributed by atoms with Gasteiger partial charge in [0.25, 0.3) is 0 Å². The van der Waals surface area contributed by atoms with Gasteiger partial charge in [0.05, 0.1) is 19.4 Å². The Morgan fingerprint density at radius 1 is 1.47 bits per heavy atom. The minimum absolute atomic E-state index is 0.571. The highest BCUT2D eigenvalue weighted by molar-refractivity contribution is 5.55. The highest BCUT2D eigenvalue weighted by Gasteiger charge is 2.01. The average molecular weight is 205 g/mol. The number of nitrogens with two attached hydrogens (primary N) is 1. The molecule has 0 bridgehead atoms. The molecule has 0 aromatic heterocycles. The standard InChI is InChI=1S/C12H15NO2/c1-3-4-5-8-15-12-9-10(14-2)6-7-11(12)13/h1,6-7,9H,4-5,8,13H2,2H3. The third-order valence-electron chi connectivity index (χ3n) is 1.94. The molecule has 0 aliphatic carbocycles. The second-order valence-corrected chi connectivity index (χ2v) is 3.06. The second kappa shape index (κ2) is 5.82. The lowest BCUT2D eigenvalue weighted by Gasteiger charge is -2.09. The maximum Gasteiger partial charge on any atom is 0.145 e. The Bertz CT molecular complexity index is 355. The van der Waals surface area contributed by atoms with Crippen LogP contribution in [-0.4, -0.2) is 13.7 Å². The minimum Gasteiger partial charge on any atom is -0.497 e. The van der Waals surface area contributed by atoms with Crippen LogP contribution in [0.4, 0.5) is 5.69 Å². The average Bonchev–Trinajstić information content (AvgIpc) is 2.26. The van der Waals surface area contributed by atoms with Gasteiger partial charge >= 0.3 is 0 Å². The van der Waals surface area contributed by atoms with Crippen molar-refractivity contribution in [2.24, 2.45) is 0 Å². The molecule has 0 spiro atoms. The van der Waals surface area contributed by atoms with Gasteiger partial charge in [0.15, 0.2) is 0 Å². The van der Waals surface area contributed by atoms with Crippen LogP contribution in [0.5, 0.6) is 11.5 Å². The summed E-state index contributed by atoms with van der Waals surface area (Å²) in [5, 5.41) is 0. The van der Waals surface area contributed by atoms with Crippen molar-refractivity contribution in [1.82, 2.24) is 0 Å². The first kappa shape index (κ1) is 11.3. The molecule has 80 valence electrons. The summed E-state index contributed by atoms with van der Waals surface area (Å²) in [6, 6.07) is 5.32. The van der Waals surface area contributed by atoms with Gasteiger partial charge in [-0.25, -0.2) is 0 Å². The lowest BCUT2D eigenvalue weighted by atomic mass is 10.3. The van der Waals surface area contributed by atoms with Crippen molar-refractivity contribution in [3.8, 4) is 23.8 Å². The summed E-state index contributed by atoms with van der Waals surface area (Å²) < 4.78 is 10.6. The van der Waals surface area contributed by atoms with E-state index in [0.717, 1.165) is 12.2 Å². The van der Waals surface area contributed by atoms with E-state index in [9.17, 15) is 0 Å². The second-order valence-electron chi connectivity index (χ2n) is 3.06. The SMILES string of the molecule is C#CCCCOc1cc(OC)ccc1N. The highest BCUT2D eigenvalue weighted by Crippen LogP contribution is 2.26. The van der Waals surface area contributed by atoms with Gasteiger partial charge in [0.2, 0.25) is 0 Å². The van der Waals surface area contributed by atoms with E-state index in [0.29, 0.717) is 24.5 Å². The first-order valence-electron chi connectivity index (χ1n) is 4.77. The summed E-state index contributed by atoms with van der Waals surface area (Å²) in [5.74, 6) is 3.93. The van der Waals surface area contributed by atoms with Crippen LogP contribution in [0.3, 0.4) is 0 Å². The van der Waals surface area contributed by atoms with Crippen LogP contribution in [0.15, 0.2) is 18.2 Å². The molecule has 0 saturated heterocycles. The van der Waals surface area contributed by atoms with E-state index in [2.05, 4.69) is 5.92 Å². The minimum atomic E-state index is 0.571. The molecule has 3 nitrogen and oxygen atoms in total. The van der Waals surface area contributed by atoms with Gasteiger partial charge in [-0.15, -0.1) is 12.3 Å². The Morgan fingerprint density at radius 3 is 2.93 bits per heavy atom. The van der Waals surface area contributed by atoms with Gasteiger partial charge in [0.1, 0.15) is 11.5 Å². The molecule has 3 heteroatoms. The van der Waals surface area contributed by atoms with Crippen LogP contribution >= 0.6 is 0 Å². The van der Waals surface area contributed by atoms with E-state index in [1.54, 1.807) is 25.3 Å². The van der Waals surface area contributed by atoms with E-state index < -0.39 is 0 Å². The number of nitrogen functional groups attached to an aromatic ring is 1. The van der Waals surface area contributed by atoms with E-state index in [1.807, 2.05) is 0 Å². The van der Waals surface area contributed by atoms with Gasteiger partial charge in [-0.2, -0.15) is 0 Å². The molecule has 0 heterocycles. The number of unbranched alkanes of at least 4 members (excludes halogenated alkanes) is 1. The molecule has 2 N–H and O–H groups in total. The zero-order valence-corrected chi connectivity index (χ0v) is 8.82. The van der Waals surface area contributed by atoms with Crippen molar-refractivity contribution in [3.63, 3.8) is 0 Å². The van der Waals surface area contributed by atoms with Crippen molar-refractivity contribution >= 4 is 5.69 Å². The van der Waals surface area contributed by atoms with Crippen LogP contribution in [0.2, 0.25) is 0 Å². The van der Waals surface area contributed by atoms with Gasteiger partial charge in [-0.1, -0.05) is 0 Å². The number of rotatable bonds is 5. The summed E-state index contributed by atoms with van der Waals surface area (Å²) in [4.78, 5) is 0. The molecule has 1 aromatic rings. The molecule has 0 radical (unpaired) electrons. The summed E-state index contributed by atoms with van der Waals surface area (Å²) in [6.07, 6.45) is 6.67. The molecule has 0 saturated carbocycles. The first-order chi connectivity index (χ1) is 7.27. The summed E-state index contributed by atoms with van der Waals surface area (Å²) in [5.41, 5.74) is 6.35. The number of terminal acetylenes is 1. The van der Waals surface area contributed by atoms with Crippen LogP contribution in [0.25, 0.3) is 0 Å². The number of hydrogen-bond acceptors (Lipinski definition) is 3. The largest absolute Gasteiger partial charge is 0.497 e. The lowest BCUT2D eigenvalue weighted by molar-refractivity contribution is 0.312. The van der Waals surface area contributed by atoms with Crippen LogP contribution < -0.4 is 15.2 Å². The maximum atomic E-state index is 5.74. The molecule has 0 aliphatic heterocycles. The molecular formula is C12H15NO2. The van der Waals surface area contributed by atoms with Gasteiger partial charge in [0, 0.05) is 12.5 Å². The zero-order valence-electron chi connectivity index (χ0n) is 8.82. The van der Waals surface area contributed by atoms with Crippen molar-refractivity contribution in [3.05, 3.63) is 18.2 Å². The molecule has 15 heavy (non-hydrogen) atoms. The Morgan fingerprint density at radius 2 is 2.27 bits per heavy atom. The zero-order chi connectivity index (χ0) is 11.1. The Hall–Kier alpha value is -1.82. The Kier molecular flexibility index (Phi) is 4.36. The molecule has 0 fully saturated rings. The van der Waals surface area contributed by atoms with Crippen LogP contribution in [-0.2, 0) is 0 Å². The molecule has 0 unspecified atom stereocenters. The third kappa shape index (κ3) is 3.43. The van der Waals surface area contributed by atoms with Gasteiger partial charge in [-0.3, -0.25) is 0 Å². The normalized spacial score (nSPS) is 9.33. The fourth-order valence-electron chi connectivity index (χ4n) is 1.12.